The fourth-order valence-corrected chi connectivity index (χ4v) is 4.84. The Kier molecular flexibility index (Phi) is 7.36. The highest BCUT2D eigenvalue weighted by atomic mass is 35.5. The molecular formula is C27H33ClN4O3. The number of halogens is 1. The van der Waals surface area contributed by atoms with Gasteiger partial charge in [0, 0.05) is 35.5 Å². The lowest BCUT2D eigenvalue weighted by Gasteiger charge is -2.36. The average molecular weight is 497 g/mol. The molecule has 2 N–H and O–H groups in total. The van der Waals surface area contributed by atoms with Gasteiger partial charge < -0.3 is 19.8 Å². The molecule has 0 unspecified atom stereocenters. The normalized spacial score (nSPS) is 15.5. The number of pyridine rings is 1. The van der Waals surface area contributed by atoms with Gasteiger partial charge in [-0.25, -0.2) is 9.78 Å². The summed E-state index contributed by atoms with van der Waals surface area (Å²) in [6.07, 6.45) is 8.30. The van der Waals surface area contributed by atoms with Crippen molar-refractivity contribution in [1.82, 2.24) is 20.3 Å². The van der Waals surface area contributed by atoms with Crippen molar-refractivity contribution in [1.29, 1.82) is 0 Å². The number of benzene rings is 1. The zero-order valence-corrected chi connectivity index (χ0v) is 21.5. The van der Waals surface area contributed by atoms with Crippen molar-refractivity contribution in [3.05, 3.63) is 53.6 Å². The van der Waals surface area contributed by atoms with Crippen LogP contribution in [0.5, 0.6) is 5.75 Å². The van der Waals surface area contributed by atoms with Gasteiger partial charge in [-0.15, -0.1) is 0 Å². The van der Waals surface area contributed by atoms with E-state index in [1.807, 2.05) is 51.1 Å². The summed E-state index contributed by atoms with van der Waals surface area (Å²) in [7, 11) is 1.60. The van der Waals surface area contributed by atoms with Crippen LogP contribution >= 0.6 is 11.6 Å². The summed E-state index contributed by atoms with van der Waals surface area (Å²) >= 11 is 6.29. The third-order valence-electron chi connectivity index (χ3n) is 6.38. The second-order valence-electron chi connectivity index (χ2n) is 10.1. The third kappa shape index (κ3) is 5.78. The molecule has 35 heavy (non-hydrogen) atoms. The highest BCUT2D eigenvalue weighted by Crippen LogP contribution is 2.42. The molecule has 8 heteroatoms. The molecule has 1 aliphatic rings. The number of aromatic nitrogens is 3. The second kappa shape index (κ2) is 10.3. The van der Waals surface area contributed by atoms with Crippen molar-refractivity contribution in [3.8, 4) is 28.3 Å². The lowest BCUT2D eigenvalue weighted by molar-refractivity contribution is 0.0506. The first-order valence-electron chi connectivity index (χ1n) is 12.0. The maximum atomic E-state index is 12.5. The predicted octanol–water partition coefficient (Wildman–Crippen LogP) is 6.53. The summed E-state index contributed by atoms with van der Waals surface area (Å²) in [6.45, 7) is 6.05. The van der Waals surface area contributed by atoms with Crippen molar-refractivity contribution in [2.24, 2.45) is 0 Å². The van der Waals surface area contributed by atoms with E-state index in [4.69, 9.17) is 26.1 Å². The molecule has 7 nitrogen and oxygen atoms in total. The van der Waals surface area contributed by atoms with Gasteiger partial charge in [0.05, 0.1) is 23.5 Å². The quantitative estimate of drug-likeness (QED) is 0.405. The fourth-order valence-electron chi connectivity index (χ4n) is 4.65. The van der Waals surface area contributed by atoms with Gasteiger partial charge in [0.25, 0.3) is 0 Å². The molecular weight excluding hydrogens is 464 g/mol. The topological polar surface area (TPSA) is 89.1 Å². The van der Waals surface area contributed by atoms with E-state index in [1.54, 1.807) is 19.5 Å². The molecule has 2 heterocycles. The van der Waals surface area contributed by atoms with E-state index in [0.717, 1.165) is 54.0 Å². The minimum absolute atomic E-state index is 0.314. The van der Waals surface area contributed by atoms with Crippen molar-refractivity contribution in [2.75, 3.05) is 13.7 Å². The van der Waals surface area contributed by atoms with Crippen LogP contribution in [0.4, 0.5) is 4.79 Å². The summed E-state index contributed by atoms with van der Waals surface area (Å²) in [5, 5.41) is 3.56. The number of aromatic amines is 1. The third-order valence-corrected chi connectivity index (χ3v) is 6.69. The van der Waals surface area contributed by atoms with Crippen molar-refractivity contribution in [2.45, 2.75) is 63.9 Å². The predicted molar refractivity (Wildman–Crippen MR) is 138 cm³/mol. The summed E-state index contributed by atoms with van der Waals surface area (Å²) in [6, 6.07) is 9.59. The standard InChI is InChI=1S/C27H33ClN4O3/c1-26(2,3)35-25(33)30-17-27(12-6-5-7-13-27)24-31-22(18-10-14-29-15-11-18)23(32-24)19-8-9-20(28)21(16-19)34-4/h8-11,14-16H,5-7,12-13,17H2,1-4H3,(H,30,33)(H,31,32). The van der Waals surface area contributed by atoms with E-state index in [9.17, 15) is 4.79 Å². The van der Waals surface area contributed by atoms with Crippen LogP contribution in [0.25, 0.3) is 22.5 Å². The zero-order valence-electron chi connectivity index (χ0n) is 20.8. The monoisotopic (exact) mass is 496 g/mol. The zero-order chi connectivity index (χ0) is 25.1. The number of methoxy groups -OCH3 is 1. The van der Waals surface area contributed by atoms with Gasteiger partial charge in [-0.05, 0) is 57.9 Å². The summed E-state index contributed by atoms with van der Waals surface area (Å²) < 4.78 is 11.0. The van der Waals surface area contributed by atoms with Gasteiger partial charge in [-0.3, -0.25) is 4.98 Å². The number of carbonyl (C=O) groups is 1. The molecule has 186 valence electrons. The molecule has 1 fully saturated rings. The molecule has 0 saturated heterocycles. The Bertz CT molecular complexity index is 1160. The first-order valence-corrected chi connectivity index (χ1v) is 12.4. The van der Waals surface area contributed by atoms with Crippen LogP contribution in [-0.2, 0) is 10.2 Å². The fraction of sp³-hybridized carbons (Fsp3) is 0.444. The Labute approximate surface area is 211 Å². The number of nitrogens with one attached hydrogen (secondary N) is 2. The van der Waals surface area contributed by atoms with Gasteiger partial charge in [0.1, 0.15) is 17.2 Å². The van der Waals surface area contributed by atoms with E-state index in [1.165, 1.54) is 6.42 Å². The van der Waals surface area contributed by atoms with E-state index in [0.29, 0.717) is 17.3 Å². The number of rotatable bonds is 6. The number of amides is 1. The van der Waals surface area contributed by atoms with Gasteiger partial charge in [0.2, 0.25) is 0 Å². The smallest absolute Gasteiger partial charge is 0.407 e. The lowest BCUT2D eigenvalue weighted by Crippen LogP contribution is -2.44. The van der Waals surface area contributed by atoms with Crippen LogP contribution in [0.1, 0.15) is 58.7 Å². The van der Waals surface area contributed by atoms with E-state index >= 15 is 0 Å². The first-order chi connectivity index (χ1) is 16.7. The number of imidazole rings is 1. The minimum Gasteiger partial charge on any atom is -0.495 e. The molecule has 0 spiro atoms. The number of alkyl carbamates (subject to hydrolysis) is 1. The molecule has 0 atom stereocenters. The molecule has 0 aliphatic heterocycles. The molecule has 3 aromatic rings. The summed E-state index contributed by atoms with van der Waals surface area (Å²) in [4.78, 5) is 25.4. The van der Waals surface area contributed by atoms with E-state index < -0.39 is 11.7 Å². The summed E-state index contributed by atoms with van der Waals surface area (Å²) in [5.41, 5.74) is 2.72. The van der Waals surface area contributed by atoms with Crippen LogP contribution in [0, 0.1) is 0 Å². The van der Waals surface area contributed by atoms with Crippen LogP contribution in [-0.4, -0.2) is 40.3 Å². The molecule has 1 aliphatic carbocycles. The largest absolute Gasteiger partial charge is 0.495 e. The molecule has 4 rings (SSSR count). The Morgan fingerprint density at radius 3 is 2.49 bits per heavy atom. The Morgan fingerprint density at radius 2 is 1.83 bits per heavy atom. The molecule has 1 saturated carbocycles. The van der Waals surface area contributed by atoms with Gasteiger partial charge in [-0.2, -0.15) is 0 Å². The van der Waals surface area contributed by atoms with Crippen LogP contribution < -0.4 is 10.1 Å². The summed E-state index contributed by atoms with van der Waals surface area (Å²) in [5.74, 6) is 1.46. The lowest BCUT2D eigenvalue weighted by atomic mass is 9.73. The van der Waals surface area contributed by atoms with Gasteiger partial charge >= 0.3 is 6.09 Å². The van der Waals surface area contributed by atoms with Gasteiger partial charge in [-0.1, -0.05) is 36.9 Å². The number of ether oxygens (including phenoxy) is 2. The first kappa shape index (κ1) is 25.0. The number of hydrogen-bond acceptors (Lipinski definition) is 5. The Morgan fingerprint density at radius 1 is 1.11 bits per heavy atom. The van der Waals surface area contributed by atoms with Crippen molar-refractivity contribution in [3.63, 3.8) is 0 Å². The molecule has 1 amide bonds. The Hall–Kier alpha value is -3.06. The van der Waals surface area contributed by atoms with Crippen molar-refractivity contribution < 1.29 is 14.3 Å². The van der Waals surface area contributed by atoms with Crippen LogP contribution in [0.15, 0.2) is 42.7 Å². The Balaban J connectivity index is 1.76. The average Bonchev–Trinajstić information content (AvgIpc) is 3.29. The number of H-pyrrole nitrogens is 1. The highest BCUT2D eigenvalue weighted by molar-refractivity contribution is 6.32. The van der Waals surface area contributed by atoms with Gasteiger partial charge in [0.15, 0.2) is 0 Å². The molecule has 2 aromatic heterocycles. The number of nitrogens with zero attached hydrogens (tertiary/aromatic N) is 2. The number of hydrogen-bond donors (Lipinski definition) is 2. The maximum Gasteiger partial charge on any atom is 0.407 e. The van der Waals surface area contributed by atoms with Crippen LogP contribution in [0.3, 0.4) is 0 Å². The minimum atomic E-state index is -0.552. The number of carbonyl (C=O) groups excluding carboxylic acids is 1. The van der Waals surface area contributed by atoms with E-state index in [-0.39, 0.29) is 5.41 Å². The molecule has 0 bridgehead atoms. The van der Waals surface area contributed by atoms with Crippen LogP contribution in [0.2, 0.25) is 5.02 Å². The van der Waals surface area contributed by atoms with Crippen molar-refractivity contribution >= 4 is 17.7 Å². The molecule has 1 aromatic carbocycles. The van der Waals surface area contributed by atoms with E-state index in [2.05, 4.69) is 15.3 Å². The molecule has 0 radical (unpaired) electrons. The SMILES string of the molecule is COc1cc(-c2nc(C3(CNC(=O)OC(C)(C)C)CCCCC3)[nH]c2-c2ccncc2)ccc1Cl. The highest BCUT2D eigenvalue weighted by Gasteiger charge is 2.38. The second-order valence-corrected chi connectivity index (χ2v) is 10.5. The maximum absolute atomic E-state index is 12.5.